The van der Waals surface area contributed by atoms with Gasteiger partial charge in [0.25, 0.3) is 0 Å². The zero-order valence-corrected chi connectivity index (χ0v) is 14.2. The first kappa shape index (κ1) is 16.5. The Hall–Kier alpha value is -2.98. The molecule has 0 bridgehead atoms. The van der Waals surface area contributed by atoms with E-state index in [2.05, 4.69) is 20.6 Å². The Morgan fingerprint density at radius 1 is 1.27 bits per heavy atom. The molecule has 0 amide bonds. The molecule has 0 aliphatic carbocycles. The molecule has 1 aliphatic heterocycles. The van der Waals surface area contributed by atoms with Crippen molar-refractivity contribution in [3.63, 3.8) is 0 Å². The van der Waals surface area contributed by atoms with E-state index in [0.717, 1.165) is 17.0 Å². The first-order valence-corrected chi connectivity index (χ1v) is 8.60. The second kappa shape index (κ2) is 6.73. The first-order chi connectivity index (χ1) is 12.7. The van der Waals surface area contributed by atoms with Gasteiger partial charge in [-0.05, 0) is 36.2 Å². The maximum atomic E-state index is 13.8. The van der Waals surface area contributed by atoms with Crippen molar-refractivity contribution in [2.75, 3.05) is 18.0 Å². The summed E-state index contributed by atoms with van der Waals surface area (Å²) in [6, 6.07) is 12.9. The van der Waals surface area contributed by atoms with Crippen LogP contribution in [0.15, 0.2) is 42.6 Å². The molecule has 2 atom stereocenters. The van der Waals surface area contributed by atoms with E-state index in [1.165, 1.54) is 0 Å². The van der Waals surface area contributed by atoms with Crippen LogP contribution in [0.3, 0.4) is 0 Å². The highest BCUT2D eigenvalue weighted by Crippen LogP contribution is 2.26. The number of fused-ring (bicyclic) bond motifs is 1. The molecule has 2 N–H and O–H groups in total. The smallest absolute Gasteiger partial charge is 0.208 e. The number of hydrogen-bond acceptors (Lipinski definition) is 5. The van der Waals surface area contributed by atoms with Crippen molar-refractivity contribution in [2.45, 2.75) is 25.2 Å². The summed E-state index contributed by atoms with van der Waals surface area (Å²) in [6.07, 6.45) is 1.14. The molecule has 7 heteroatoms. The van der Waals surface area contributed by atoms with E-state index in [0.29, 0.717) is 37.3 Å². The minimum Gasteiger partial charge on any atom is -0.340 e. The fourth-order valence-corrected chi connectivity index (χ4v) is 3.35. The van der Waals surface area contributed by atoms with Crippen molar-refractivity contribution in [3.05, 3.63) is 53.7 Å². The number of nitrogens with two attached hydrogens (primary N) is 1. The normalized spacial score (nSPS) is 20.3. The van der Waals surface area contributed by atoms with E-state index in [-0.39, 0.29) is 0 Å². The summed E-state index contributed by atoms with van der Waals surface area (Å²) in [5, 5.41) is 8.96. The van der Waals surface area contributed by atoms with Gasteiger partial charge in [0.15, 0.2) is 5.65 Å². The summed E-state index contributed by atoms with van der Waals surface area (Å²) in [6.45, 7) is 1.59. The Labute approximate surface area is 150 Å². The fraction of sp³-hybridized carbons (Fsp3) is 0.316. The van der Waals surface area contributed by atoms with Crippen LogP contribution in [0, 0.1) is 11.3 Å². The van der Waals surface area contributed by atoms with Crippen molar-refractivity contribution in [1.82, 2.24) is 14.5 Å². The average Bonchev–Trinajstić information content (AvgIpc) is 3.03. The molecule has 1 aromatic carbocycles. The van der Waals surface area contributed by atoms with Crippen LogP contribution < -0.4 is 10.6 Å². The Morgan fingerprint density at radius 3 is 2.81 bits per heavy atom. The Morgan fingerprint density at radius 2 is 2.08 bits per heavy atom. The maximum absolute atomic E-state index is 13.8. The van der Waals surface area contributed by atoms with Crippen LogP contribution in [0.25, 0.3) is 11.2 Å². The van der Waals surface area contributed by atoms with E-state index in [1.54, 1.807) is 18.3 Å². The predicted octanol–water partition coefficient (Wildman–Crippen LogP) is 2.23. The quantitative estimate of drug-likeness (QED) is 0.783. The molecule has 1 saturated heterocycles. The van der Waals surface area contributed by atoms with Gasteiger partial charge in [0.2, 0.25) is 5.95 Å². The van der Waals surface area contributed by atoms with E-state index in [1.807, 2.05) is 29.2 Å². The van der Waals surface area contributed by atoms with Crippen LogP contribution in [0.1, 0.15) is 17.5 Å². The number of aromatic nitrogens is 3. The molecule has 3 aromatic rings. The van der Waals surface area contributed by atoms with Gasteiger partial charge in [-0.25, -0.2) is 9.37 Å². The van der Waals surface area contributed by atoms with Gasteiger partial charge >= 0.3 is 0 Å². The highest BCUT2D eigenvalue weighted by Gasteiger charge is 2.29. The highest BCUT2D eigenvalue weighted by molar-refractivity contribution is 5.75. The number of halogens is 1. The largest absolute Gasteiger partial charge is 0.340 e. The number of piperidine rings is 1. The van der Waals surface area contributed by atoms with Crippen molar-refractivity contribution in [1.29, 1.82) is 5.26 Å². The fourth-order valence-electron chi connectivity index (χ4n) is 3.35. The van der Waals surface area contributed by atoms with Gasteiger partial charge in [-0.1, -0.05) is 12.1 Å². The average molecular weight is 350 g/mol. The molecule has 3 heterocycles. The monoisotopic (exact) mass is 350 g/mol. The lowest BCUT2D eigenvalue weighted by molar-refractivity contribution is 0.243. The van der Waals surface area contributed by atoms with Crippen LogP contribution in [0.5, 0.6) is 0 Å². The number of hydrogen-bond donors (Lipinski definition) is 1. The first-order valence-electron chi connectivity index (χ1n) is 8.60. The standard InChI is InChI=1S/C19H19FN6/c20-15-7-9-25(12-16(15)22)19-24-18-17(2-1-8-23-18)26(19)11-14-5-3-13(10-21)4-6-14/h1-6,8,15-16H,7,9,11-12,22H2/t15-,16+/m0/s1. The lowest BCUT2D eigenvalue weighted by atomic mass is 10.1. The van der Waals surface area contributed by atoms with E-state index < -0.39 is 12.2 Å². The number of alkyl halides is 1. The number of pyridine rings is 1. The molecule has 1 aliphatic rings. The van der Waals surface area contributed by atoms with Gasteiger partial charge in [0, 0.05) is 19.3 Å². The summed E-state index contributed by atoms with van der Waals surface area (Å²) in [4.78, 5) is 11.1. The van der Waals surface area contributed by atoms with E-state index >= 15 is 0 Å². The molecule has 132 valence electrons. The van der Waals surface area contributed by atoms with Crippen molar-refractivity contribution < 1.29 is 4.39 Å². The van der Waals surface area contributed by atoms with Gasteiger partial charge < -0.3 is 15.2 Å². The Balaban J connectivity index is 1.73. The zero-order chi connectivity index (χ0) is 18.1. The Bertz CT molecular complexity index is 958. The number of nitriles is 1. The third-order valence-corrected chi connectivity index (χ3v) is 4.78. The molecule has 2 aromatic heterocycles. The Kier molecular flexibility index (Phi) is 4.27. The van der Waals surface area contributed by atoms with Gasteiger partial charge in [0.05, 0.1) is 29.7 Å². The topological polar surface area (TPSA) is 83.8 Å². The SMILES string of the molecule is N#Cc1ccc(Cn2c(N3CC[C@H](F)[C@H](N)C3)nc3ncccc32)cc1. The maximum Gasteiger partial charge on any atom is 0.208 e. The van der Waals surface area contributed by atoms with E-state index in [9.17, 15) is 4.39 Å². The number of benzene rings is 1. The summed E-state index contributed by atoms with van der Waals surface area (Å²) in [7, 11) is 0. The lowest BCUT2D eigenvalue weighted by Gasteiger charge is -2.34. The molecule has 0 saturated carbocycles. The number of nitrogens with zero attached hydrogens (tertiary/aromatic N) is 5. The third-order valence-electron chi connectivity index (χ3n) is 4.78. The van der Waals surface area contributed by atoms with E-state index in [4.69, 9.17) is 11.0 Å². The van der Waals surface area contributed by atoms with Crippen LogP contribution >= 0.6 is 0 Å². The molecule has 26 heavy (non-hydrogen) atoms. The van der Waals surface area contributed by atoms with Gasteiger partial charge in [0.1, 0.15) is 6.17 Å². The lowest BCUT2D eigenvalue weighted by Crippen LogP contribution is -2.50. The molecular weight excluding hydrogens is 331 g/mol. The number of rotatable bonds is 3. The zero-order valence-electron chi connectivity index (χ0n) is 14.2. The summed E-state index contributed by atoms with van der Waals surface area (Å²) in [5.74, 6) is 0.755. The predicted molar refractivity (Wildman–Crippen MR) is 97.5 cm³/mol. The molecule has 1 fully saturated rings. The van der Waals surface area contributed by atoms with Gasteiger partial charge in [-0.2, -0.15) is 10.2 Å². The second-order valence-electron chi connectivity index (χ2n) is 6.57. The van der Waals surface area contributed by atoms with Gasteiger partial charge in [-0.15, -0.1) is 0 Å². The number of imidazole rings is 1. The molecule has 0 radical (unpaired) electrons. The molecule has 6 nitrogen and oxygen atoms in total. The molecule has 4 rings (SSSR count). The molecule has 0 unspecified atom stereocenters. The molecular formula is C19H19FN6. The highest BCUT2D eigenvalue weighted by atomic mass is 19.1. The van der Waals surface area contributed by atoms with Crippen LogP contribution in [-0.4, -0.2) is 39.8 Å². The number of anilines is 1. The summed E-state index contributed by atoms with van der Waals surface area (Å²) in [5.41, 5.74) is 9.19. The minimum absolute atomic E-state index is 0.397. The van der Waals surface area contributed by atoms with Crippen molar-refractivity contribution in [3.8, 4) is 6.07 Å². The second-order valence-corrected chi connectivity index (χ2v) is 6.57. The third kappa shape index (κ3) is 3.00. The molecule has 0 spiro atoms. The van der Waals surface area contributed by atoms with Crippen LogP contribution in [0.4, 0.5) is 10.3 Å². The minimum atomic E-state index is -0.972. The van der Waals surface area contributed by atoms with Gasteiger partial charge in [-0.3, -0.25) is 0 Å². The van der Waals surface area contributed by atoms with Crippen molar-refractivity contribution >= 4 is 17.1 Å². The van der Waals surface area contributed by atoms with Crippen molar-refractivity contribution in [2.24, 2.45) is 5.73 Å². The summed E-state index contributed by atoms with van der Waals surface area (Å²) >= 11 is 0. The van der Waals surface area contributed by atoms with Crippen LogP contribution in [-0.2, 0) is 6.54 Å². The van der Waals surface area contributed by atoms with Crippen LogP contribution in [0.2, 0.25) is 0 Å². The summed E-state index contributed by atoms with van der Waals surface area (Å²) < 4.78 is 15.9.